The molecule has 12 heavy (non-hydrogen) atoms. The second-order valence-electron chi connectivity index (χ2n) is 2.00. The number of nitrogens with two attached hydrogens (primary N) is 1. The molecule has 0 aliphatic rings. The fraction of sp³-hybridized carbons (Fsp3) is 0.333. The lowest BCUT2D eigenvalue weighted by Crippen LogP contribution is -2.02. The van der Waals surface area contributed by atoms with E-state index in [1.807, 2.05) is 0 Å². The predicted molar refractivity (Wildman–Crippen MR) is 38.0 cm³/mol. The van der Waals surface area contributed by atoms with Crippen molar-refractivity contribution >= 4 is 5.69 Å². The first-order valence-electron chi connectivity index (χ1n) is 3.09. The number of rotatable bonds is 2. The molecule has 0 bridgehead atoms. The van der Waals surface area contributed by atoms with Gasteiger partial charge in [-0.3, -0.25) is 0 Å². The van der Waals surface area contributed by atoms with E-state index >= 15 is 0 Å². The van der Waals surface area contributed by atoms with Crippen molar-refractivity contribution < 1.29 is 13.5 Å². The average Bonchev–Trinajstić information content (AvgIpc) is 2.05. The summed E-state index contributed by atoms with van der Waals surface area (Å²) in [6.07, 6.45) is -1.62. The minimum atomic E-state index is -2.71. The maximum atomic E-state index is 12.1. The second-order valence-corrected chi connectivity index (χ2v) is 2.00. The van der Waals surface area contributed by atoms with E-state index in [1.165, 1.54) is 7.11 Å². The van der Waals surface area contributed by atoms with Gasteiger partial charge in [0, 0.05) is 0 Å². The predicted octanol–water partition coefficient (Wildman–Crippen LogP) is 1.00. The summed E-state index contributed by atoms with van der Waals surface area (Å²) in [4.78, 5) is 6.93. The molecule has 0 amide bonds. The Kier molecular flexibility index (Phi) is 2.37. The van der Waals surface area contributed by atoms with Gasteiger partial charge in [-0.15, -0.1) is 0 Å². The van der Waals surface area contributed by atoms with E-state index in [4.69, 9.17) is 5.73 Å². The van der Waals surface area contributed by atoms with Crippen LogP contribution in [-0.2, 0) is 0 Å². The van der Waals surface area contributed by atoms with E-state index in [0.29, 0.717) is 0 Å². The van der Waals surface area contributed by atoms with Crippen LogP contribution >= 0.6 is 0 Å². The van der Waals surface area contributed by atoms with Gasteiger partial charge in [-0.1, -0.05) is 0 Å². The van der Waals surface area contributed by atoms with Crippen LogP contribution in [0.15, 0.2) is 6.20 Å². The van der Waals surface area contributed by atoms with Crippen molar-refractivity contribution in [3.05, 3.63) is 11.9 Å². The summed E-state index contributed by atoms with van der Waals surface area (Å²) in [5, 5.41) is 0. The number of hydrogen-bond acceptors (Lipinski definition) is 4. The molecule has 4 nitrogen and oxygen atoms in total. The lowest BCUT2D eigenvalue weighted by molar-refractivity contribution is 0.145. The van der Waals surface area contributed by atoms with E-state index in [1.54, 1.807) is 0 Å². The molecule has 0 spiro atoms. The minimum absolute atomic E-state index is 0.112. The van der Waals surface area contributed by atoms with Crippen molar-refractivity contribution in [1.82, 2.24) is 9.97 Å². The minimum Gasteiger partial charge on any atom is -0.467 e. The summed E-state index contributed by atoms with van der Waals surface area (Å²) in [5.74, 6) is 0. The lowest BCUT2D eigenvalue weighted by atomic mass is 10.4. The summed E-state index contributed by atoms with van der Waals surface area (Å²) in [6.45, 7) is 0. The van der Waals surface area contributed by atoms with Gasteiger partial charge in [0.15, 0.2) is 0 Å². The molecular weight excluding hydrogens is 168 g/mol. The van der Waals surface area contributed by atoms with Crippen LogP contribution < -0.4 is 10.5 Å². The third-order valence-corrected chi connectivity index (χ3v) is 1.22. The van der Waals surface area contributed by atoms with Crippen LogP contribution in [0.2, 0.25) is 0 Å². The number of methoxy groups -OCH3 is 1. The van der Waals surface area contributed by atoms with E-state index in [9.17, 15) is 8.78 Å². The highest BCUT2D eigenvalue weighted by molar-refractivity contribution is 5.41. The Morgan fingerprint density at radius 2 is 2.25 bits per heavy atom. The molecule has 66 valence electrons. The van der Waals surface area contributed by atoms with E-state index in [2.05, 4.69) is 14.7 Å². The zero-order chi connectivity index (χ0) is 9.14. The molecule has 2 N–H and O–H groups in total. The maximum absolute atomic E-state index is 12.1. The van der Waals surface area contributed by atoms with Crippen LogP contribution in [-0.4, -0.2) is 17.1 Å². The SMILES string of the molecule is COc1ncc(N)c(C(F)F)n1. The van der Waals surface area contributed by atoms with Gasteiger partial charge in [-0.05, 0) is 0 Å². The summed E-state index contributed by atoms with van der Waals surface area (Å²) < 4.78 is 28.8. The van der Waals surface area contributed by atoms with Gasteiger partial charge >= 0.3 is 6.01 Å². The Hall–Kier alpha value is -1.46. The van der Waals surface area contributed by atoms with Gasteiger partial charge in [-0.2, -0.15) is 4.98 Å². The first-order chi connectivity index (χ1) is 5.65. The molecule has 0 saturated carbocycles. The van der Waals surface area contributed by atoms with Crippen molar-refractivity contribution in [2.45, 2.75) is 6.43 Å². The third kappa shape index (κ3) is 1.58. The molecular formula is C6H7F2N3O. The van der Waals surface area contributed by atoms with Gasteiger partial charge in [0.25, 0.3) is 6.43 Å². The number of nitrogens with zero attached hydrogens (tertiary/aromatic N) is 2. The molecule has 0 aromatic carbocycles. The Morgan fingerprint density at radius 1 is 1.58 bits per heavy atom. The zero-order valence-corrected chi connectivity index (χ0v) is 6.29. The summed E-state index contributed by atoms with van der Waals surface area (Å²) in [6, 6.07) is -0.112. The first-order valence-corrected chi connectivity index (χ1v) is 3.09. The average molecular weight is 175 g/mol. The molecule has 0 unspecified atom stereocenters. The highest BCUT2D eigenvalue weighted by Gasteiger charge is 2.14. The molecule has 6 heteroatoms. The van der Waals surface area contributed by atoms with Crippen LogP contribution in [0.3, 0.4) is 0 Å². The molecule has 0 saturated heterocycles. The monoisotopic (exact) mass is 175 g/mol. The largest absolute Gasteiger partial charge is 0.467 e. The Morgan fingerprint density at radius 3 is 2.75 bits per heavy atom. The molecule has 0 radical (unpaired) electrons. The van der Waals surface area contributed by atoms with Crippen molar-refractivity contribution in [2.24, 2.45) is 0 Å². The fourth-order valence-electron chi connectivity index (χ4n) is 0.660. The Labute approximate surface area is 67.4 Å². The number of aromatic nitrogens is 2. The quantitative estimate of drug-likeness (QED) is 0.728. The number of alkyl halides is 2. The van der Waals surface area contributed by atoms with Crippen LogP contribution in [0.1, 0.15) is 12.1 Å². The standard InChI is InChI=1S/C6H7F2N3O/c1-12-6-10-2-3(9)4(11-6)5(7)8/h2,5H,9H2,1H3. The third-order valence-electron chi connectivity index (χ3n) is 1.22. The normalized spacial score (nSPS) is 10.3. The number of ether oxygens (including phenoxy) is 1. The number of nitrogen functional groups attached to an aromatic ring is 1. The van der Waals surface area contributed by atoms with Crippen molar-refractivity contribution in [3.63, 3.8) is 0 Å². The van der Waals surface area contributed by atoms with Crippen molar-refractivity contribution in [1.29, 1.82) is 0 Å². The molecule has 0 atom stereocenters. The molecule has 1 aromatic heterocycles. The molecule has 0 aliphatic heterocycles. The lowest BCUT2D eigenvalue weighted by Gasteiger charge is -2.03. The molecule has 1 aromatic rings. The second kappa shape index (κ2) is 3.29. The fourth-order valence-corrected chi connectivity index (χ4v) is 0.660. The Balaban J connectivity index is 3.08. The highest BCUT2D eigenvalue weighted by atomic mass is 19.3. The number of anilines is 1. The highest BCUT2D eigenvalue weighted by Crippen LogP contribution is 2.23. The van der Waals surface area contributed by atoms with Crippen LogP contribution in [0.4, 0.5) is 14.5 Å². The van der Waals surface area contributed by atoms with Crippen LogP contribution in [0.25, 0.3) is 0 Å². The summed E-state index contributed by atoms with van der Waals surface area (Å²) in [5.41, 5.74) is 4.55. The van der Waals surface area contributed by atoms with E-state index in [-0.39, 0.29) is 11.7 Å². The Bertz CT molecular complexity index is 279. The van der Waals surface area contributed by atoms with Crippen molar-refractivity contribution in [2.75, 3.05) is 12.8 Å². The molecule has 0 fully saturated rings. The zero-order valence-electron chi connectivity index (χ0n) is 6.29. The van der Waals surface area contributed by atoms with Crippen LogP contribution in [0.5, 0.6) is 6.01 Å². The van der Waals surface area contributed by atoms with Gasteiger partial charge in [-0.25, -0.2) is 13.8 Å². The van der Waals surface area contributed by atoms with Gasteiger partial charge in [0.1, 0.15) is 5.69 Å². The molecule has 0 aliphatic carbocycles. The molecule has 1 heterocycles. The topological polar surface area (TPSA) is 61.0 Å². The van der Waals surface area contributed by atoms with Crippen LogP contribution in [0, 0.1) is 0 Å². The molecule has 1 rings (SSSR count). The van der Waals surface area contributed by atoms with Gasteiger partial charge in [0.05, 0.1) is 19.0 Å². The van der Waals surface area contributed by atoms with Crippen molar-refractivity contribution in [3.8, 4) is 6.01 Å². The maximum Gasteiger partial charge on any atom is 0.316 e. The van der Waals surface area contributed by atoms with Gasteiger partial charge in [0.2, 0.25) is 0 Å². The smallest absolute Gasteiger partial charge is 0.316 e. The first kappa shape index (κ1) is 8.63. The summed E-state index contributed by atoms with van der Waals surface area (Å²) >= 11 is 0. The van der Waals surface area contributed by atoms with E-state index < -0.39 is 12.1 Å². The van der Waals surface area contributed by atoms with Gasteiger partial charge < -0.3 is 10.5 Å². The van der Waals surface area contributed by atoms with E-state index in [0.717, 1.165) is 6.20 Å². The summed E-state index contributed by atoms with van der Waals surface area (Å²) in [7, 11) is 1.29. The number of halogens is 2. The number of hydrogen-bond donors (Lipinski definition) is 1.